The number of thiophene rings is 1. The van der Waals surface area contributed by atoms with Crippen LogP contribution in [0.5, 0.6) is 0 Å². The Hall–Kier alpha value is -2.73. The van der Waals surface area contributed by atoms with Gasteiger partial charge in [0.05, 0.1) is 5.56 Å². The molecule has 0 fully saturated rings. The molecule has 0 bridgehead atoms. The van der Waals surface area contributed by atoms with Crippen molar-refractivity contribution in [2.24, 2.45) is 5.92 Å². The monoisotopic (exact) mass is 359 g/mol. The minimum atomic E-state index is -0.570. The molecule has 8 nitrogen and oxygen atoms in total. The Morgan fingerprint density at radius 2 is 2.40 bits per heavy atom. The van der Waals surface area contributed by atoms with Gasteiger partial charge in [0.25, 0.3) is 5.91 Å². The Bertz CT molecular complexity index is 892. The second-order valence-corrected chi connectivity index (χ2v) is 7.33. The Morgan fingerprint density at radius 3 is 3.08 bits per heavy atom. The van der Waals surface area contributed by atoms with Crippen molar-refractivity contribution in [3.8, 4) is 6.07 Å². The van der Waals surface area contributed by atoms with Crippen molar-refractivity contribution in [3.63, 3.8) is 0 Å². The number of hydrogen-bond acceptors (Lipinski definition) is 6. The molecular weight excluding hydrogens is 342 g/mol. The van der Waals surface area contributed by atoms with Gasteiger partial charge in [-0.25, -0.2) is 9.55 Å². The average molecular weight is 359 g/mol. The van der Waals surface area contributed by atoms with E-state index in [0.717, 1.165) is 35.9 Å². The molecule has 1 amide bonds. The molecule has 0 spiro atoms. The number of nitro groups is 1. The van der Waals surface area contributed by atoms with E-state index in [2.05, 4.69) is 23.3 Å². The van der Waals surface area contributed by atoms with E-state index >= 15 is 0 Å². The van der Waals surface area contributed by atoms with E-state index in [1.54, 1.807) is 6.92 Å². The van der Waals surface area contributed by atoms with Gasteiger partial charge in [-0.15, -0.1) is 11.3 Å². The first kappa shape index (κ1) is 17.1. The lowest BCUT2D eigenvalue weighted by molar-refractivity contribution is -0.392. The minimum Gasteiger partial charge on any atom is -0.358 e. The summed E-state index contributed by atoms with van der Waals surface area (Å²) in [6, 6.07) is 2.19. The Labute approximate surface area is 148 Å². The van der Waals surface area contributed by atoms with Gasteiger partial charge in [0.15, 0.2) is 12.4 Å². The molecule has 1 aliphatic carbocycles. The summed E-state index contributed by atoms with van der Waals surface area (Å²) >= 11 is 1.43. The normalized spacial score (nSPS) is 16.1. The number of nitrogens with zero attached hydrogens (tertiary/aromatic N) is 4. The number of rotatable bonds is 4. The van der Waals surface area contributed by atoms with Crippen LogP contribution in [0.1, 0.15) is 35.2 Å². The average Bonchev–Trinajstić information content (AvgIpc) is 3.07. The highest BCUT2D eigenvalue weighted by atomic mass is 32.1. The smallest absolute Gasteiger partial charge is 0.343 e. The van der Waals surface area contributed by atoms with Gasteiger partial charge in [0.2, 0.25) is 0 Å². The Balaban J connectivity index is 1.82. The van der Waals surface area contributed by atoms with Gasteiger partial charge in [-0.1, -0.05) is 6.92 Å². The zero-order chi connectivity index (χ0) is 18.1. The lowest BCUT2D eigenvalue weighted by atomic mass is 9.89. The predicted molar refractivity (Wildman–Crippen MR) is 92.5 cm³/mol. The Morgan fingerprint density at radius 1 is 1.64 bits per heavy atom. The van der Waals surface area contributed by atoms with Crippen LogP contribution in [0.4, 0.5) is 10.8 Å². The van der Waals surface area contributed by atoms with Gasteiger partial charge in [0.1, 0.15) is 17.3 Å². The molecule has 0 saturated carbocycles. The molecule has 1 aliphatic rings. The summed E-state index contributed by atoms with van der Waals surface area (Å²) in [7, 11) is 0. The number of aryl methyl sites for hydroxylation is 1. The van der Waals surface area contributed by atoms with Crippen LogP contribution in [0.2, 0.25) is 0 Å². The summed E-state index contributed by atoms with van der Waals surface area (Å²) in [6.07, 6.45) is 3.93. The number of carbonyl (C=O) groups is 1. The van der Waals surface area contributed by atoms with Crippen LogP contribution < -0.4 is 5.32 Å². The zero-order valence-electron chi connectivity index (χ0n) is 13.9. The molecule has 1 N–H and O–H groups in total. The van der Waals surface area contributed by atoms with Gasteiger partial charge >= 0.3 is 5.82 Å². The summed E-state index contributed by atoms with van der Waals surface area (Å²) in [5.74, 6) is 0.318. The molecule has 9 heteroatoms. The van der Waals surface area contributed by atoms with E-state index in [-0.39, 0.29) is 12.4 Å². The van der Waals surface area contributed by atoms with Crippen molar-refractivity contribution < 1.29 is 9.72 Å². The van der Waals surface area contributed by atoms with Crippen LogP contribution in [0.3, 0.4) is 0 Å². The van der Waals surface area contributed by atoms with Crippen molar-refractivity contribution in [2.75, 3.05) is 5.32 Å². The van der Waals surface area contributed by atoms with Crippen LogP contribution in [-0.4, -0.2) is 20.4 Å². The lowest BCUT2D eigenvalue weighted by Crippen LogP contribution is -2.20. The highest BCUT2D eigenvalue weighted by Crippen LogP contribution is 2.39. The Kier molecular flexibility index (Phi) is 4.55. The summed E-state index contributed by atoms with van der Waals surface area (Å²) in [6.45, 7) is 3.56. The molecule has 2 aromatic heterocycles. The first-order valence-corrected chi connectivity index (χ1v) is 8.73. The molecule has 0 aromatic carbocycles. The molecule has 0 aliphatic heterocycles. The van der Waals surface area contributed by atoms with Crippen molar-refractivity contribution in [2.45, 2.75) is 39.7 Å². The number of carbonyl (C=O) groups excluding carboxylic acids is 1. The van der Waals surface area contributed by atoms with E-state index in [4.69, 9.17) is 0 Å². The first-order chi connectivity index (χ1) is 11.9. The summed E-state index contributed by atoms with van der Waals surface area (Å²) < 4.78 is 1.25. The lowest BCUT2D eigenvalue weighted by Gasteiger charge is -2.17. The van der Waals surface area contributed by atoms with Crippen molar-refractivity contribution in [1.29, 1.82) is 5.26 Å². The van der Waals surface area contributed by atoms with E-state index in [9.17, 15) is 20.2 Å². The molecule has 25 heavy (non-hydrogen) atoms. The number of nitriles is 1. The molecular formula is C16H17N5O3S. The van der Waals surface area contributed by atoms with E-state index in [0.29, 0.717) is 22.3 Å². The fraction of sp³-hybridized carbons (Fsp3) is 0.438. The fourth-order valence-corrected chi connectivity index (χ4v) is 4.44. The van der Waals surface area contributed by atoms with E-state index < -0.39 is 10.8 Å². The molecule has 2 heterocycles. The maximum absolute atomic E-state index is 12.4. The van der Waals surface area contributed by atoms with Crippen LogP contribution in [0.15, 0.2) is 6.20 Å². The third-order valence-corrected chi connectivity index (χ3v) is 5.57. The summed E-state index contributed by atoms with van der Waals surface area (Å²) in [4.78, 5) is 27.8. The molecule has 0 saturated heterocycles. The SMILES string of the molecule is Cc1ncc([N+](=O)[O-])n1CC(=O)Nc1sc2c(c1C#N)CC[C@H](C)C2. The van der Waals surface area contributed by atoms with Gasteiger partial charge in [-0.3, -0.25) is 4.79 Å². The molecule has 3 rings (SSSR count). The number of amides is 1. The first-order valence-electron chi connectivity index (χ1n) is 7.91. The number of imidazole rings is 1. The standard InChI is InChI=1S/C16H17N5O3S/c1-9-3-4-11-12(6-17)16(25-13(11)5-9)19-14(22)8-20-10(2)18-7-15(20)21(23)24/h7,9H,3-5,8H2,1-2H3,(H,19,22)/t9-/m0/s1. The molecule has 1 atom stereocenters. The third kappa shape index (κ3) is 3.25. The number of nitrogens with one attached hydrogen (secondary N) is 1. The molecule has 0 radical (unpaired) electrons. The molecule has 2 aromatic rings. The molecule has 130 valence electrons. The number of aromatic nitrogens is 2. The topological polar surface area (TPSA) is 114 Å². The minimum absolute atomic E-state index is 0.216. The van der Waals surface area contributed by atoms with Crippen molar-refractivity contribution in [3.05, 3.63) is 38.1 Å². The number of anilines is 1. The second kappa shape index (κ2) is 6.64. The van der Waals surface area contributed by atoms with E-state index in [1.165, 1.54) is 15.9 Å². The van der Waals surface area contributed by atoms with Crippen molar-refractivity contribution >= 4 is 28.1 Å². The zero-order valence-corrected chi connectivity index (χ0v) is 14.7. The van der Waals surface area contributed by atoms with Gasteiger partial charge in [0, 0.05) is 11.8 Å². The maximum atomic E-state index is 12.4. The fourth-order valence-electron chi connectivity index (χ4n) is 3.06. The van der Waals surface area contributed by atoms with Crippen LogP contribution >= 0.6 is 11.3 Å². The highest BCUT2D eigenvalue weighted by molar-refractivity contribution is 7.16. The van der Waals surface area contributed by atoms with Gasteiger partial charge in [-0.2, -0.15) is 5.26 Å². The van der Waals surface area contributed by atoms with Crippen LogP contribution in [0.25, 0.3) is 0 Å². The largest absolute Gasteiger partial charge is 0.358 e. The quantitative estimate of drug-likeness (QED) is 0.666. The summed E-state index contributed by atoms with van der Waals surface area (Å²) in [5.41, 5.74) is 1.56. The second-order valence-electron chi connectivity index (χ2n) is 6.22. The number of fused-ring (bicyclic) bond motifs is 1. The maximum Gasteiger partial charge on any atom is 0.343 e. The van der Waals surface area contributed by atoms with E-state index in [1.807, 2.05) is 0 Å². The molecule has 0 unspecified atom stereocenters. The number of hydrogen-bond donors (Lipinski definition) is 1. The van der Waals surface area contributed by atoms with Gasteiger partial charge < -0.3 is 15.4 Å². The third-order valence-electron chi connectivity index (χ3n) is 4.40. The van der Waals surface area contributed by atoms with Crippen LogP contribution in [0, 0.1) is 34.3 Å². The van der Waals surface area contributed by atoms with Crippen molar-refractivity contribution in [1.82, 2.24) is 9.55 Å². The van der Waals surface area contributed by atoms with Gasteiger partial charge in [-0.05, 0) is 35.7 Å². The predicted octanol–water partition coefficient (Wildman–Crippen LogP) is 2.80. The summed E-state index contributed by atoms with van der Waals surface area (Å²) in [5, 5.41) is 23.8. The highest BCUT2D eigenvalue weighted by Gasteiger charge is 2.26. The van der Waals surface area contributed by atoms with Crippen LogP contribution in [-0.2, 0) is 24.2 Å².